The Morgan fingerprint density at radius 1 is 1.21 bits per heavy atom. The van der Waals surface area contributed by atoms with Gasteiger partial charge < -0.3 is 19.9 Å². The summed E-state index contributed by atoms with van der Waals surface area (Å²) < 4.78 is 16.7. The minimum atomic E-state index is -0.909. The molecule has 3 aliphatic rings. The van der Waals surface area contributed by atoms with Gasteiger partial charge >= 0.3 is 0 Å². The topological polar surface area (TPSA) is 79.1 Å². The van der Waals surface area contributed by atoms with Crippen molar-refractivity contribution in [3.05, 3.63) is 49.1 Å². The molecule has 4 heterocycles. The van der Waals surface area contributed by atoms with E-state index in [-0.39, 0.29) is 23.8 Å². The summed E-state index contributed by atoms with van der Waals surface area (Å²) in [6.45, 7) is 0.850. The van der Waals surface area contributed by atoms with Crippen molar-refractivity contribution in [3.8, 4) is 22.7 Å². The fourth-order valence-corrected chi connectivity index (χ4v) is 4.61. The van der Waals surface area contributed by atoms with Gasteiger partial charge in [0.25, 0.3) is 0 Å². The third-order valence-electron chi connectivity index (χ3n) is 6.20. The van der Waals surface area contributed by atoms with Gasteiger partial charge in [-0.2, -0.15) is 0 Å². The van der Waals surface area contributed by atoms with Crippen molar-refractivity contribution >= 4 is 5.82 Å². The van der Waals surface area contributed by atoms with Crippen LogP contribution < -0.4 is 10.2 Å². The van der Waals surface area contributed by atoms with E-state index in [0.717, 1.165) is 25.1 Å². The number of alkyl halides is 1. The van der Waals surface area contributed by atoms with Crippen LogP contribution in [-0.2, 0) is 0 Å². The largest absolute Gasteiger partial charge is 0.507 e. The van der Waals surface area contributed by atoms with Gasteiger partial charge in [0, 0.05) is 43.7 Å². The molecular weight excluding hydrogens is 371 g/mol. The number of anilines is 1. The Bertz CT molecular complexity index is 983. The molecule has 3 fully saturated rings. The molecule has 0 radical (unpaired) electrons. The number of halogens is 1. The lowest BCUT2D eigenvalue weighted by Crippen LogP contribution is -2.64. The highest BCUT2D eigenvalue weighted by Crippen LogP contribution is 2.36. The molecule has 2 aliphatic heterocycles. The van der Waals surface area contributed by atoms with Crippen LogP contribution in [0.25, 0.3) is 16.9 Å². The lowest BCUT2D eigenvalue weighted by Gasteiger charge is -2.49. The summed E-state index contributed by atoms with van der Waals surface area (Å²) in [6.07, 6.45) is 6.19. The van der Waals surface area contributed by atoms with Gasteiger partial charge in [0.2, 0.25) is 0 Å². The molecule has 1 aromatic carbocycles. The Balaban J connectivity index is 1.38. The maximum atomic E-state index is 14.8. The van der Waals surface area contributed by atoms with Gasteiger partial charge in [0.15, 0.2) is 5.82 Å². The van der Waals surface area contributed by atoms with Gasteiger partial charge in [-0.3, -0.25) is 0 Å². The molecule has 2 aromatic heterocycles. The first-order valence-electron chi connectivity index (χ1n) is 9.87. The Morgan fingerprint density at radius 3 is 2.72 bits per heavy atom. The van der Waals surface area contributed by atoms with Crippen LogP contribution in [-0.4, -0.2) is 56.7 Å². The van der Waals surface area contributed by atoms with Gasteiger partial charge in [-0.15, -0.1) is 10.2 Å². The lowest BCUT2D eigenvalue weighted by molar-refractivity contribution is 0.0702. The van der Waals surface area contributed by atoms with E-state index >= 15 is 0 Å². The van der Waals surface area contributed by atoms with Crippen LogP contribution in [0.3, 0.4) is 0 Å². The second-order valence-corrected chi connectivity index (χ2v) is 7.85. The number of nitrogens with zero attached hydrogens (tertiary/aromatic N) is 5. The molecule has 29 heavy (non-hydrogen) atoms. The Kier molecular flexibility index (Phi) is 4.43. The smallest absolute Gasteiger partial charge is 0.151 e. The van der Waals surface area contributed by atoms with Crippen LogP contribution in [0.2, 0.25) is 0 Å². The van der Waals surface area contributed by atoms with Gasteiger partial charge in [0.1, 0.15) is 11.9 Å². The molecule has 2 saturated heterocycles. The summed E-state index contributed by atoms with van der Waals surface area (Å²) in [5.41, 5.74) is 1.98. The summed E-state index contributed by atoms with van der Waals surface area (Å²) in [7, 11) is 1.89. The Labute approximate surface area is 168 Å². The summed E-state index contributed by atoms with van der Waals surface area (Å²) >= 11 is 0. The quantitative estimate of drug-likeness (QED) is 0.708. The molecule has 2 N–H and O–H groups in total. The first kappa shape index (κ1) is 18.1. The van der Waals surface area contributed by atoms with Crippen molar-refractivity contribution in [2.75, 3.05) is 18.5 Å². The molecule has 0 spiro atoms. The molecule has 6 rings (SSSR count). The number of phenolic OH excluding ortho intramolecular Hbond substituents is 1. The van der Waals surface area contributed by atoms with Crippen molar-refractivity contribution in [3.63, 3.8) is 0 Å². The maximum absolute atomic E-state index is 14.8. The molecule has 8 heteroatoms. The first-order chi connectivity index (χ1) is 14.1. The molecule has 4 atom stereocenters. The standard InChI is InChI=1S/C21H23FN6O/c1-27(21-13-2-5-17(20(21)22)24-11-13)19-7-6-16(25-26-19)15-4-3-14(10-18(15)29)28-9-8-23-12-28/h3-4,6-10,12-13,17,20-21,24,29H,2,5,11H2,1H3/t13-,17-,20+,21-/m1/s1. The normalized spacial score (nSPS) is 25.9. The van der Waals surface area contributed by atoms with E-state index in [1.807, 2.05) is 40.9 Å². The van der Waals surface area contributed by atoms with Gasteiger partial charge in [0.05, 0.1) is 23.8 Å². The van der Waals surface area contributed by atoms with Gasteiger partial charge in [-0.05, 0) is 43.0 Å². The molecule has 3 aromatic rings. The average molecular weight is 394 g/mol. The van der Waals surface area contributed by atoms with Crippen LogP contribution in [0, 0.1) is 5.92 Å². The predicted molar refractivity (Wildman–Crippen MR) is 108 cm³/mol. The fraction of sp³-hybridized carbons (Fsp3) is 0.381. The number of hydrogen-bond acceptors (Lipinski definition) is 6. The maximum Gasteiger partial charge on any atom is 0.151 e. The summed E-state index contributed by atoms with van der Waals surface area (Å²) in [6, 6.07) is 8.77. The number of phenols is 1. The SMILES string of the molecule is CN(c1ccc(-c2ccc(-n3ccnc3)cc2O)nn1)[C@@H]1[C@@H]2CC[C@@H](NC2)[C@@H]1F. The van der Waals surface area contributed by atoms with Gasteiger partial charge in [-0.25, -0.2) is 9.37 Å². The monoisotopic (exact) mass is 394 g/mol. The molecular formula is C21H23FN6O. The predicted octanol–water partition coefficient (Wildman–Crippen LogP) is 2.56. The highest BCUT2D eigenvalue weighted by molar-refractivity contribution is 5.69. The number of fused-ring (bicyclic) bond motifs is 3. The minimum absolute atomic E-state index is 0.0642. The second-order valence-electron chi connectivity index (χ2n) is 7.85. The van der Waals surface area contributed by atoms with Crippen LogP contribution in [0.1, 0.15) is 12.8 Å². The zero-order chi connectivity index (χ0) is 20.0. The third-order valence-corrected chi connectivity index (χ3v) is 6.20. The minimum Gasteiger partial charge on any atom is -0.507 e. The average Bonchev–Trinajstić information content (AvgIpc) is 3.29. The van der Waals surface area contributed by atoms with Gasteiger partial charge in [-0.1, -0.05) is 0 Å². The molecule has 1 saturated carbocycles. The number of imidazole rings is 1. The zero-order valence-electron chi connectivity index (χ0n) is 16.1. The van der Waals surface area contributed by atoms with Crippen LogP contribution in [0.15, 0.2) is 49.1 Å². The number of rotatable bonds is 4. The summed E-state index contributed by atoms with van der Waals surface area (Å²) in [5, 5.41) is 22.4. The molecule has 0 unspecified atom stereocenters. The summed E-state index contributed by atoms with van der Waals surface area (Å²) in [5.74, 6) is 1.04. The number of piperidine rings is 2. The highest BCUT2D eigenvalue weighted by atomic mass is 19.1. The van der Waals surface area contributed by atoms with E-state index < -0.39 is 6.17 Å². The lowest BCUT2D eigenvalue weighted by atomic mass is 9.75. The van der Waals surface area contributed by atoms with E-state index in [9.17, 15) is 9.50 Å². The van der Waals surface area contributed by atoms with E-state index in [1.165, 1.54) is 0 Å². The van der Waals surface area contributed by atoms with Crippen LogP contribution in [0.5, 0.6) is 5.75 Å². The van der Waals surface area contributed by atoms with E-state index in [0.29, 0.717) is 17.1 Å². The third kappa shape index (κ3) is 3.13. The fourth-order valence-electron chi connectivity index (χ4n) is 4.61. The number of hydrogen-bond donors (Lipinski definition) is 2. The molecule has 0 amide bonds. The zero-order valence-corrected chi connectivity index (χ0v) is 16.1. The molecule has 150 valence electrons. The second kappa shape index (κ2) is 7.11. The Morgan fingerprint density at radius 2 is 2.10 bits per heavy atom. The number of benzene rings is 1. The molecule has 1 aliphatic carbocycles. The molecule has 7 nitrogen and oxygen atoms in total. The Hall–Kier alpha value is -3.00. The number of aromatic hydroxyl groups is 1. The van der Waals surface area contributed by atoms with Crippen molar-refractivity contribution in [1.29, 1.82) is 0 Å². The van der Waals surface area contributed by atoms with E-state index in [2.05, 4.69) is 20.5 Å². The van der Waals surface area contributed by atoms with Crippen LogP contribution in [0.4, 0.5) is 10.2 Å². The first-order valence-corrected chi connectivity index (χ1v) is 9.87. The number of aromatic nitrogens is 4. The van der Waals surface area contributed by atoms with Crippen molar-refractivity contribution < 1.29 is 9.50 Å². The van der Waals surface area contributed by atoms with Crippen molar-refractivity contribution in [1.82, 2.24) is 25.1 Å². The van der Waals surface area contributed by atoms with Crippen LogP contribution >= 0.6 is 0 Å². The highest BCUT2D eigenvalue weighted by Gasteiger charge is 2.46. The summed E-state index contributed by atoms with van der Waals surface area (Å²) in [4.78, 5) is 5.93. The molecule has 2 bridgehead atoms. The number of nitrogens with one attached hydrogen (secondary N) is 1. The van der Waals surface area contributed by atoms with Crippen molar-refractivity contribution in [2.24, 2.45) is 5.92 Å². The van der Waals surface area contributed by atoms with E-state index in [4.69, 9.17) is 0 Å². The van der Waals surface area contributed by atoms with E-state index in [1.54, 1.807) is 24.7 Å². The van der Waals surface area contributed by atoms with Crippen molar-refractivity contribution in [2.45, 2.75) is 31.1 Å².